The number of amides is 2. The highest BCUT2D eigenvalue weighted by atomic mass is 79.9. The molecule has 0 spiro atoms. The van der Waals surface area contributed by atoms with E-state index in [2.05, 4.69) is 15.9 Å². The monoisotopic (exact) mass is 487 g/mol. The molecule has 1 fully saturated rings. The first-order valence-electron chi connectivity index (χ1n) is 9.65. The number of phenolic OH excluding ortho intramolecular Hbond substituents is 1. The molecule has 1 aromatic rings. The van der Waals surface area contributed by atoms with Gasteiger partial charge in [-0.3, -0.25) is 24.4 Å². The number of carbonyl (C=O) groups excluding carboxylic acids is 4. The fourth-order valence-electron chi connectivity index (χ4n) is 5.31. The van der Waals surface area contributed by atoms with E-state index in [0.717, 1.165) is 12.1 Å². The Labute approximate surface area is 183 Å². The van der Waals surface area contributed by atoms with Crippen molar-refractivity contribution in [3.05, 3.63) is 62.9 Å². The molecule has 1 heterocycles. The van der Waals surface area contributed by atoms with Crippen LogP contribution in [-0.2, 0) is 19.2 Å². The molecule has 1 aromatic carbocycles. The molecule has 4 atom stereocenters. The zero-order chi connectivity index (χ0) is 22.2. The number of ketones is 2. The molecule has 2 amide bonds. The van der Waals surface area contributed by atoms with Crippen LogP contribution in [0.4, 0.5) is 4.39 Å². The smallest absolute Gasteiger partial charge is 0.257 e. The van der Waals surface area contributed by atoms with E-state index in [4.69, 9.17) is 0 Å². The molecule has 7 nitrogen and oxygen atoms in total. The molecule has 1 aliphatic heterocycles. The highest BCUT2D eigenvalue weighted by molar-refractivity contribution is 9.12. The van der Waals surface area contributed by atoms with E-state index in [1.165, 1.54) is 12.1 Å². The molecule has 0 radical (unpaired) electrons. The van der Waals surface area contributed by atoms with Gasteiger partial charge in [-0.25, -0.2) is 4.39 Å². The fraction of sp³-hybridized carbons (Fsp3) is 0.273. The molecule has 1 saturated heterocycles. The summed E-state index contributed by atoms with van der Waals surface area (Å²) in [6.45, 7) is 0. The second-order valence-electron chi connectivity index (χ2n) is 8.06. The van der Waals surface area contributed by atoms with Gasteiger partial charge in [0, 0.05) is 28.7 Å². The number of allylic oxidation sites excluding steroid dienone is 6. The van der Waals surface area contributed by atoms with E-state index in [0.29, 0.717) is 5.57 Å². The molecular weight excluding hydrogens is 473 g/mol. The Morgan fingerprint density at radius 3 is 2.58 bits per heavy atom. The van der Waals surface area contributed by atoms with Crippen molar-refractivity contribution in [1.29, 1.82) is 0 Å². The number of hydrogen-bond donors (Lipinski definition) is 2. The van der Waals surface area contributed by atoms with Crippen molar-refractivity contribution in [1.82, 2.24) is 5.06 Å². The number of phenols is 1. The number of benzene rings is 1. The van der Waals surface area contributed by atoms with Crippen molar-refractivity contribution in [2.24, 2.45) is 17.8 Å². The summed E-state index contributed by atoms with van der Waals surface area (Å²) in [5.74, 6) is -7.17. The van der Waals surface area contributed by atoms with Gasteiger partial charge in [0.05, 0.1) is 16.3 Å². The van der Waals surface area contributed by atoms with Gasteiger partial charge in [-0.1, -0.05) is 23.8 Å². The number of rotatable bonds is 1. The first-order chi connectivity index (χ1) is 14.7. The molecular formula is C22H15BrFNO6. The van der Waals surface area contributed by atoms with Crippen molar-refractivity contribution >= 4 is 39.3 Å². The zero-order valence-corrected chi connectivity index (χ0v) is 17.4. The maximum Gasteiger partial charge on any atom is 0.257 e. The SMILES string of the molecule is O=C1C=C(Br)C(=O)C2=C1C(c1cccc(F)c1O)C1=CCC3C(=O)N(O)C(=O)C3C1C2. The van der Waals surface area contributed by atoms with Crippen LogP contribution in [0.3, 0.4) is 0 Å². The first-order valence-corrected chi connectivity index (χ1v) is 10.4. The third-order valence-electron chi connectivity index (χ3n) is 6.64. The lowest BCUT2D eigenvalue weighted by atomic mass is 9.59. The van der Waals surface area contributed by atoms with Gasteiger partial charge in [-0.2, -0.15) is 5.06 Å². The van der Waals surface area contributed by atoms with Gasteiger partial charge < -0.3 is 5.11 Å². The molecule has 4 unspecified atom stereocenters. The van der Waals surface area contributed by atoms with E-state index < -0.39 is 58.6 Å². The molecule has 0 aromatic heterocycles. The number of Topliss-reactive ketones (excluding diaryl/α,β-unsaturated/α-hetero) is 1. The molecule has 158 valence electrons. The Balaban J connectivity index is 1.75. The van der Waals surface area contributed by atoms with Crippen LogP contribution in [0.2, 0.25) is 0 Å². The Hall–Kier alpha value is -2.91. The second kappa shape index (κ2) is 6.80. The van der Waals surface area contributed by atoms with Crippen molar-refractivity contribution in [2.45, 2.75) is 18.8 Å². The van der Waals surface area contributed by atoms with Crippen molar-refractivity contribution in [3.8, 4) is 5.75 Å². The van der Waals surface area contributed by atoms with Crippen LogP contribution in [0.25, 0.3) is 0 Å². The largest absolute Gasteiger partial charge is 0.505 e. The normalized spacial score (nSPS) is 30.1. The number of para-hydroxylation sites is 1. The lowest BCUT2D eigenvalue weighted by molar-refractivity contribution is -0.173. The maximum atomic E-state index is 14.2. The number of hydrogen-bond acceptors (Lipinski definition) is 6. The highest BCUT2D eigenvalue weighted by Crippen LogP contribution is 2.56. The van der Waals surface area contributed by atoms with E-state index >= 15 is 0 Å². The molecule has 2 N–H and O–H groups in total. The van der Waals surface area contributed by atoms with Gasteiger partial charge in [-0.05, 0) is 40.8 Å². The summed E-state index contributed by atoms with van der Waals surface area (Å²) >= 11 is 3.10. The van der Waals surface area contributed by atoms with E-state index in [1.54, 1.807) is 6.08 Å². The fourth-order valence-corrected chi connectivity index (χ4v) is 5.76. The topological polar surface area (TPSA) is 112 Å². The Morgan fingerprint density at radius 2 is 1.84 bits per heavy atom. The number of imide groups is 1. The summed E-state index contributed by atoms with van der Waals surface area (Å²) < 4.78 is 14.3. The van der Waals surface area contributed by atoms with Crippen LogP contribution in [0.5, 0.6) is 5.75 Å². The van der Waals surface area contributed by atoms with Gasteiger partial charge in [0.15, 0.2) is 23.1 Å². The molecule has 4 aliphatic rings. The van der Waals surface area contributed by atoms with Crippen LogP contribution in [0.15, 0.2) is 51.6 Å². The lowest BCUT2D eigenvalue weighted by Gasteiger charge is -2.42. The van der Waals surface area contributed by atoms with E-state index in [1.807, 2.05) is 0 Å². The molecule has 0 saturated carbocycles. The number of halogens is 2. The third-order valence-corrected chi connectivity index (χ3v) is 7.23. The van der Waals surface area contributed by atoms with Gasteiger partial charge in [0.25, 0.3) is 11.8 Å². The van der Waals surface area contributed by atoms with E-state index in [9.17, 15) is 33.9 Å². The van der Waals surface area contributed by atoms with Gasteiger partial charge >= 0.3 is 0 Å². The summed E-state index contributed by atoms with van der Waals surface area (Å²) in [6.07, 6.45) is 3.03. The predicted octanol–water partition coefficient (Wildman–Crippen LogP) is 2.68. The molecule has 3 aliphatic carbocycles. The van der Waals surface area contributed by atoms with Gasteiger partial charge in [-0.15, -0.1) is 0 Å². The quantitative estimate of drug-likeness (QED) is 0.272. The minimum Gasteiger partial charge on any atom is -0.505 e. The van der Waals surface area contributed by atoms with Crippen LogP contribution in [-0.4, -0.2) is 38.8 Å². The molecule has 5 rings (SSSR count). The zero-order valence-electron chi connectivity index (χ0n) is 15.8. The number of carbonyl (C=O) groups is 4. The van der Waals surface area contributed by atoms with Crippen molar-refractivity contribution in [2.75, 3.05) is 0 Å². The molecule has 9 heteroatoms. The van der Waals surface area contributed by atoms with Crippen LogP contribution in [0, 0.1) is 23.6 Å². The second-order valence-corrected chi connectivity index (χ2v) is 8.91. The minimum atomic E-state index is -0.950. The minimum absolute atomic E-state index is 0.0231. The highest BCUT2D eigenvalue weighted by Gasteiger charge is 2.56. The van der Waals surface area contributed by atoms with Crippen molar-refractivity contribution in [3.63, 3.8) is 0 Å². The predicted molar refractivity (Wildman–Crippen MR) is 106 cm³/mol. The van der Waals surface area contributed by atoms with E-state index in [-0.39, 0.29) is 39.1 Å². The van der Waals surface area contributed by atoms with Crippen LogP contribution in [0.1, 0.15) is 24.3 Å². The third kappa shape index (κ3) is 2.66. The van der Waals surface area contributed by atoms with Crippen LogP contribution < -0.4 is 0 Å². The van der Waals surface area contributed by atoms with Crippen LogP contribution >= 0.6 is 15.9 Å². The Bertz CT molecular complexity index is 1200. The standard InChI is InChI=1S/C22H15BrFNO6/c23-13-7-15(26)18-12(19(13)27)6-11-8(16(18)9-2-1-3-14(24)20(9)28)4-5-10-17(11)22(30)25(31)21(10)29/h1-4,7,10-11,16-17,28,31H,5-6H2. The summed E-state index contributed by atoms with van der Waals surface area (Å²) in [5, 5.41) is 20.5. The lowest BCUT2D eigenvalue weighted by Crippen LogP contribution is -2.39. The number of hydroxylamine groups is 2. The van der Waals surface area contributed by atoms with Crippen molar-refractivity contribution < 1.29 is 33.9 Å². The first kappa shape index (κ1) is 20.0. The average molecular weight is 488 g/mol. The van der Waals surface area contributed by atoms with Gasteiger partial charge in [0.1, 0.15) is 0 Å². The molecule has 0 bridgehead atoms. The summed E-state index contributed by atoms with van der Waals surface area (Å²) in [6, 6.07) is 3.93. The Kier molecular flexibility index (Phi) is 4.39. The number of nitrogens with zero attached hydrogens (tertiary/aromatic N) is 1. The number of fused-ring (bicyclic) bond motifs is 3. The maximum absolute atomic E-state index is 14.2. The summed E-state index contributed by atoms with van der Waals surface area (Å²) in [7, 11) is 0. The number of aromatic hydroxyl groups is 1. The molecule has 31 heavy (non-hydrogen) atoms. The summed E-state index contributed by atoms with van der Waals surface area (Å²) in [5.41, 5.74) is 0.956. The summed E-state index contributed by atoms with van der Waals surface area (Å²) in [4.78, 5) is 50.8. The van der Waals surface area contributed by atoms with Gasteiger partial charge in [0.2, 0.25) is 0 Å². The Morgan fingerprint density at radius 1 is 1.10 bits per heavy atom. The average Bonchev–Trinajstić information content (AvgIpc) is 2.97.